The van der Waals surface area contributed by atoms with Crippen molar-refractivity contribution in [3.05, 3.63) is 65.2 Å². The van der Waals surface area contributed by atoms with Crippen LogP contribution in [-0.4, -0.2) is 6.54 Å². The van der Waals surface area contributed by atoms with E-state index >= 15 is 0 Å². The average Bonchev–Trinajstić information content (AvgIpc) is 2.47. The second-order valence-electron chi connectivity index (χ2n) is 5.95. The van der Waals surface area contributed by atoms with E-state index in [4.69, 9.17) is 4.74 Å². The Morgan fingerprint density at radius 3 is 2.48 bits per heavy atom. The van der Waals surface area contributed by atoms with Crippen molar-refractivity contribution >= 4 is 0 Å². The molecule has 2 nitrogen and oxygen atoms in total. The molecule has 0 aliphatic heterocycles. The average molecular weight is 283 g/mol. The van der Waals surface area contributed by atoms with Gasteiger partial charge in [0.2, 0.25) is 0 Å². The minimum atomic E-state index is 0.614. The fourth-order valence-electron chi connectivity index (χ4n) is 2.10. The SMILES string of the molecule is Cc1ccc(COc2cccc(CNCC(C)C)c2)cc1. The number of hydrogen-bond acceptors (Lipinski definition) is 2. The molecule has 0 aliphatic rings. The van der Waals surface area contributed by atoms with Gasteiger partial charge in [-0.15, -0.1) is 0 Å². The van der Waals surface area contributed by atoms with Crippen LogP contribution in [0.2, 0.25) is 0 Å². The number of benzene rings is 2. The van der Waals surface area contributed by atoms with Crippen molar-refractivity contribution in [2.24, 2.45) is 5.92 Å². The van der Waals surface area contributed by atoms with E-state index < -0.39 is 0 Å². The smallest absolute Gasteiger partial charge is 0.120 e. The minimum absolute atomic E-state index is 0.614. The summed E-state index contributed by atoms with van der Waals surface area (Å²) in [7, 11) is 0. The molecule has 21 heavy (non-hydrogen) atoms. The second-order valence-corrected chi connectivity index (χ2v) is 5.95. The van der Waals surface area contributed by atoms with Gasteiger partial charge >= 0.3 is 0 Å². The lowest BCUT2D eigenvalue weighted by molar-refractivity contribution is 0.306. The predicted octanol–water partition coefficient (Wildman–Crippen LogP) is 4.32. The maximum Gasteiger partial charge on any atom is 0.120 e. The zero-order chi connectivity index (χ0) is 15.1. The van der Waals surface area contributed by atoms with Crippen LogP contribution in [0.4, 0.5) is 0 Å². The molecule has 0 bridgehead atoms. The first-order valence-electron chi connectivity index (χ1n) is 7.61. The third-order valence-corrected chi connectivity index (χ3v) is 3.31. The molecule has 0 heterocycles. The molecule has 0 unspecified atom stereocenters. The molecular formula is C19H25NO. The monoisotopic (exact) mass is 283 g/mol. The molecule has 0 amide bonds. The summed E-state index contributed by atoms with van der Waals surface area (Å²) in [5.74, 6) is 1.60. The number of hydrogen-bond donors (Lipinski definition) is 1. The molecule has 2 heteroatoms. The van der Waals surface area contributed by atoms with Crippen molar-refractivity contribution in [1.29, 1.82) is 0 Å². The van der Waals surface area contributed by atoms with E-state index in [-0.39, 0.29) is 0 Å². The lowest BCUT2D eigenvalue weighted by Gasteiger charge is -2.10. The second kappa shape index (κ2) is 7.84. The first kappa shape index (κ1) is 15.6. The van der Waals surface area contributed by atoms with Crippen LogP contribution in [0.25, 0.3) is 0 Å². The molecular weight excluding hydrogens is 258 g/mol. The summed E-state index contributed by atoms with van der Waals surface area (Å²) < 4.78 is 5.87. The molecule has 112 valence electrons. The van der Waals surface area contributed by atoms with Crippen LogP contribution >= 0.6 is 0 Å². The van der Waals surface area contributed by atoms with E-state index in [9.17, 15) is 0 Å². The van der Waals surface area contributed by atoms with Gasteiger partial charge in [-0.05, 0) is 42.6 Å². The fourth-order valence-corrected chi connectivity index (χ4v) is 2.10. The van der Waals surface area contributed by atoms with Crippen LogP contribution < -0.4 is 10.1 Å². The molecule has 2 aromatic rings. The Hall–Kier alpha value is -1.80. The maximum atomic E-state index is 5.87. The number of ether oxygens (including phenoxy) is 1. The summed E-state index contributed by atoms with van der Waals surface area (Å²) in [6.07, 6.45) is 0. The highest BCUT2D eigenvalue weighted by Gasteiger charge is 1.99. The Morgan fingerprint density at radius 2 is 1.76 bits per heavy atom. The predicted molar refractivity (Wildman–Crippen MR) is 88.5 cm³/mol. The summed E-state index contributed by atoms with van der Waals surface area (Å²) in [5.41, 5.74) is 3.73. The normalized spacial score (nSPS) is 10.9. The zero-order valence-electron chi connectivity index (χ0n) is 13.2. The quantitative estimate of drug-likeness (QED) is 0.817. The minimum Gasteiger partial charge on any atom is -0.489 e. The molecule has 0 saturated heterocycles. The standard InChI is InChI=1S/C19H25NO/c1-15(2)12-20-13-18-5-4-6-19(11-18)21-14-17-9-7-16(3)8-10-17/h4-11,15,20H,12-14H2,1-3H3. The van der Waals surface area contributed by atoms with Crippen LogP contribution in [0.15, 0.2) is 48.5 Å². The highest BCUT2D eigenvalue weighted by Crippen LogP contribution is 2.15. The van der Waals surface area contributed by atoms with Crippen molar-refractivity contribution in [2.45, 2.75) is 33.9 Å². The molecule has 2 rings (SSSR count). The number of rotatable bonds is 7. The molecule has 0 fully saturated rings. The van der Waals surface area contributed by atoms with Gasteiger partial charge in [0.1, 0.15) is 12.4 Å². The first-order chi connectivity index (χ1) is 10.1. The van der Waals surface area contributed by atoms with Crippen LogP contribution in [0.5, 0.6) is 5.75 Å². The first-order valence-corrected chi connectivity index (χ1v) is 7.61. The maximum absolute atomic E-state index is 5.87. The van der Waals surface area contributed by atoms with Crippen molar-refractivity contribution in [3.63, 3.8) is 0 Å². The van der Waals surface area contributed by atoms with E-state index in [1.165, 1.54) is 16.7 Å². The van der Waals surface area contributed by atoms with E-state index in [0.717, 1.165) is 18.8 Å². The topological polar surface area (TPSA) is 21.3 Å². The Balaban J connectivity index is 1.87. The molecule has 2 aromatic carbocycles. The zero-order valence-corrected chi connectivity index (χ0v) is 13.2. The van der Waals surface area contributed by atoms with Gasteiger partial charge in [0.25, 0.3) is 0 Å². The molecule has 0 aliphatic carbocycles. The van der Waals surface area contributed by atoms with Crippen molar-refractivity contribution in [1.82, 2.24) is 5.32 Å². The summed E-state index contributed by atoms with van der Waals surface area (Å²) in [5, 5.41) is 3.45. The van der Waals surface area contributed by atoms with Gasteiger partial charge in [0.05, 0.1) is 0 Å². The molecule has 0 spiro atoms. The van der Waals surface area contributed by atoms with Crippen molar-refractivity contribution in [3.8, 4) is 5.75 Å². The molecule has 0 atom stereocenters. The summed E-state index contributed by atoms with van der Waals surface area (Å²) in [6.45, 7) is 9.07. The third-order valence-electron chi connectivity index (χ3n) is 3.31. The van der Waals surface area contributed by atoms with Gasteiger partial charge in [-0.2, -0.15) is 0 Å². The Kier molecular flexibility index (Phi) is 5.82. The fraction of sp³-hybridized carbons (Fsp3) is 0.368. The van der Waals surface area contributed by atoms with E-state index in [0.29, 0.717) is 12.5 Å². The van der Waals surface area contributed by atoms with Crippen LogP contribution in [0.3, 0.4) is 0 Å². The Bertz CT molecular complexity index is 546. The lowest BCUT2D eigenvalue weighted by atomic mass is 10.1. The van der Waals surface area contributed by atoms with Gasteiger partial charge < -0.3 is 10.1 Å². The molecule has 0 radical (unpaired) electrons. The van der Waals surface area contributed by atoms with E-state index in [1.54, 1.807) is 0 Å². The Morgan fingerprint density at radius 1 is 1.00 bits per heavy atom. The Labute approximate surface area is 128 Å². The van der Waals surface area contributed by atoms with Gasteiger partial charge in [-0.25, -0.2) is 0 Å². The van der Waals surface area contributed by atoms with Gasteiger partial charge in [0.15, 0.2) is 0 Å². The molecule has 1 N–H and O–H groups in total. The number of nitrogens with one attached hydrogen (secondary N) is 1. The van der Waals surface area contributed by atoms with Gasteiger partial charge in [-0.3, -0.25) is 0 Å². The van der Waals surface area contributed by atoms with Crippen LogP contribution in [0.1, 0.15) is 30.5 Å². The van der Waals surface area contributed by atoms with Gasteiger partial charge in [-0.1, -0.05) is 55.8 Å². The van der Waals surface area contributed by atoms with E-state index in [1.807, 2.05) is 6.07 Å². The number of aryl methyl sites for hydroxylation is 1. The lowest BCUT2D eigenvalue weighted by Crippen LogP contribution is -2.18. The summed E-state index contributed by atoms with van der Waals surface area (Å²) in [6, 6.07) is 16.8. The van der Waals surface area contributed by atoms with Crippen LogP contribution in [-0.2, 0) is 13.2 Å². The highest BCUT2D eigenvalue weighted by molar-refractivity contribution is 5.29. The summed E-state index contributed by atoms with van der Waals surface area (Å²) >= 11 is 0. The molecule has 0 aromatic heterocycles. The highest BCUT2D eigenvalue weighted by atomic mass is 16.5. The van der Waals surface area contributed by atoms with E-state index in [2.05, 4.69) is 68.6 Å². The molecule has 0 saturated carbocycles. The van der Waals surface area contributed by atoms with Gasteiger partial charge in [0, 0.05) is 6.54 Å². The van der Waals surface area contributed by atoms with Crippen molar-refractivity contribution < 1.29 is 4.74 Å². The third kappa shape index (κ3) is 5.60. The largest absolute Gasteiger partial charge is 0.489 e. The summed E-state index contributed by atoms with van der Waals surface area (Å²) in [4.78, 5) is 0. The van der Waals surface area contributed by atoms with Crippen LogP contribution in [0, 0.1) is 12.8 Å². The van der Waals surface area contributed by atoms with Crippen molar-refractivity contribution in [2.75, 3.05) is 6.54 Å².